The van der Waals surface area contributed by atoms with Crippen molar-refractivity contribution in [3.63, 3.8) is 0 Å². The number of benzene rings is 23. The van der Waals surface area contributed by atoms with Gasteiger partial charge in [-0.15, -0.1) is 0 Å². The van der Waals surface area contributed by atoms with Crippen LogP contribution in [0.4, 0.5) is 96.9 Å². The molecule has 137 heavy (non-hydrogen) atoms. The molecule has 2 aromatic heterocycles. The van der Waals surface area contributed by atoms with Gasteiger partial charge in [-0.3, -0.25) is 9.80 Å². The van der Waals surface area contributed by atoms with E-state index in [9.17, 15) is 0 Å². The summed E-state index contributed by atoms with van der Waals surface area (Å²) >= 11 is 0. The summed E-state index contributed by atoms with van der Waals surface area (Å²) in [6.07, 6.45) is 3.87. The molecular weight excluding hydrogens is 1660 g/mol. The van der Waals surface area contributed by atoms with Gasteiger partial charge in [0.25, 0.3) is 0 Å². The Labute approximate surface area is 795 Å². The summed E-state index contributed by atoms with van der Waals surface area (Å²) in [7, 11) is 0. The number of rotatable bonds is 18. The van der Waals surface area contributed by atoms with E-state index < -0.39 is 0 Å². The maximum absolute atomic E-state index is 4.86. The van der Waals surface area contributed by atoms with Gasteiger partial charge in [0.15, 0.2) is 0 Å². The minimum absolute atomic E-state index is 0.887. The average Bonchev–Trinajstić information content (AvgIpc) is 0.734. The van der Waals surface area contributed by atoms with Crippen LogP contribution in [0.2, 0.25) is 0 Å². The first-order chi connectivity index (χ1) is 67.8. The van der Waals surface area contributed by atoms with E-state index >= 15 is 0 Å². The molecule has 646 valence electrons. The monoisotopic (exact) mass is 1750 g/mol. The summed E-state index contributed by atoms with van der Waals surface area (Å²) in [6.45, 7) is 6.38. The van der Waals surface area contributed by atoms with Crippen molar-refractivity contribution in [1.82, 2.24) is 9.97 Å². The first-order valence-electron chi connectivity index (χ1n) is 46.7. The van der Waals surface area contributed by atoms with Crippen LogP contribution in [0.15, 0.2) is 497 Å². The lowest BCUT2D eigenvalue weighted by Crippen LogP contribution is -2.19. The van der Waals surface area contributed by atoms with E-state index in [1.165, 1.54) is 125 Å². The van der Waals surface area contributed by atoms with Crippen LogP contribution in [-0.4, -0.2) is 9.97 Å². The lowest BCUT2D eigenvalue weighted by atomic mass is 9.89. The molecule has 26 rings (SSSR count). The van der Waals surface area contributed by atoms with Gasteiger partial charge in [0.1, 0.15) is 17.3 Å². The van der Waals surface area contributed by atoms with E-state index in [0.717, 1.165) is 113 Å². The molecular formula is C129H90N8. The lowest BCUT2D eigenvalue weighted by molar-refractivity contribution is 1.17. The normalized spacial score (nSPS) is 11.6. The van der Waals surface area contributed by atoms with Gasteiger partial charge < -0.3 is 19.6 Å². The summed E-state index contributed by atoms with van der Waals surface area (Å²) in [5.74, 6) is 1.77. The smallest absolute Gasteiger partial charge is 0.137 e. The van der Waals surface area contributed by atoms with E-state index in [4.69, 9.17) is 9.97 Å². The Morgan fingerprint density at radius 1 is 0.182 bits per heavy atom. The molecule has 0 saturated heterocycles. The molecule has 23 aromatic carbocycles. The fraction of sp³-hybridized carbons (Fsp3) is 0.0233. The highest BCUT2D eigenvalue weighted by Gasteiger charge is 2.30. The van der Waals surface area contributed by atoms with E-state index in [2.05, 4.69) is 541 Å². The molecule has 25 aromatic rings. The van der Waals surface area contributed by atoms with Gasteiger partial charge in [-0.25, -0.2) is 9.97 Å². The van der Waals surface area contributed by atoms with Crippen molar-refractivity contribution in [2.24, 2.45) is 0 Å². The van der Waals surface area contributed by atoms with Gasteiger partial charge in [-0.2, -0.15) is 0 Å². The lowest BCUT2D eigenvalue weighted by Gasteiger charge is -2.31. The molecule has 0 unspecified atom stereocenters. The Kier molecular flexibility index (Phi) is 21.1. The van der Waals surface area contributed by atoms with Crippen molar-refractivity contribution < 1.29 is 0 Å². The minimum atomic E-state index is 0.887. The number of para-hydroxylation sites is 8. The largest absolute Gasteiger partial charge is 0.310 e. The van der Waals surface area contributed by atoms with Crippen molar-refractivity contribution in [3.8, 4) is 0 Å². The van der Waals surface area contributed by atoms with E-state index in [0.29, 0.717) is 0 Å². The van der Waals surface area contributed by atoms with Crippen molar-refractivity contribution in [2.75, 3.05) is 29.4 Å². The highest BCUT2D eigenvalue weighted by molar-refractivity contribution is 6.30. The molecule has 2 heterocycles. The Balaban J connectivity index is 0.000000113. The van der Waals surface area contributed by atoms with Crippen LogP contribution in [0, 0.1) is 20.8 Å². The van der Waals surface area contributed by atoms with Crippen LogP contribution in [0.25, 0.3) is 119 Å². The molecule has 0 N–H and O–H groups in total. The number of hydrogen-bond donors (Lipinski definition) is 0. The Morgan fingerprint density at radius 3 is 0.847 bits per heavy atom. The van der Waals surface area contributed by atoms with E-state index in [1.807, 2.05) is 12.4 Å². The number of anilines is 17. The standard InChI is InChI=1S/C49H32N2.C40H30N4.C40H28N2/c1-33-32-47(51(38-20-6-3-7-21-38)45-25-13-17-35-15-9-11-23-41(35)45)43-28-26-36-27-31-46(42-30-29-39(33)49(43)48(36)42)50(37-18-4-2-5-19-37)44-24-12-16-34-14-8-10-22-40(34)44;1-27-13-23-37(41-25-27)43(31-9-5-3-6-10-31)35-21-17-29-16-20-34-36(22-18-30-15-19-33(35)39(29)40(30)34)44(32-11-7-4-8-12-32)38-24-14-28(2)26-42-38;1-5-13-31(14-6-1)41(32-15-7-2-8-16-32)37-27-23-29-22-26-36-38(28-24-30-21-25-35(37)39(29)40(30)36)42(33-17-9-3-10-18-33)34-19-11-4-12-20-34/h2-26,28-30,32H,1H3;3-26H,1-2H3;1-28H. The third-order valence-electron chi connectivity index (χ3n) is 26.8. The number of nitrogens with zero attached hydrogens (tertiary/aromatic N) is 8. The highest BCUT2D eigenvalue weighted by Crippen LogP contribution is 2.53. The molecule has 1 aliphatic rings. The molecule has 0 amide bonds. The number of hydrogen-bond acceptors (Lipinski definition) is 8. The molecule has 0 saturated carbocycles. The molecule has 0 spiro atoms. The molecule has 8 nitrogen and oxygen atoms in total. The van der Waals surface area contributed by atoms with Crippen LogP contribution in [0.1, 0.15) is 22.3 Å². The second kappa shape index (κ2) is 35.2. The van der Waals surface area contributed by atoms with E-state index in [1.54, 1.807) is 0 Å². The Morgan fingerprint density at radius 2 is 0.474 bits per heavy atom. The van der Waals surface area contributed by atoms with Crippen molar-refractivity contribution >= 4 is 216 Å². The first kappa shape index (κ1) is 82.0. The van der Waals surface area contributed by atoms with Crippen molar-refractivity contribution in [2.45, 2.75) is 20.8 Å². The third kappa shape index (κ3) is 14.8. The Bertz CT molecular complexity index is 8540. The zero-order valence-corrected chi connectivity index (χ0v) is 75.8. The number of aromatic nitrogens is 2. The molecule has 0 radical (unpaired) electrons. The maximum Gasteiger partial charge on any atom is 0.137 e. The van der Waals surface area contributed by atoms with Crippen LogP contribution < -0.4 is 34.6 Å². The summed E-state index contributed by atoms with van der Waals surface area (Å²) in [5, 5.41) is 25.6. The summed E-state index contributed by atoms with van der Waals surface area (Å²) in [4.78, 5) is 23.8. The SMILES string of the molecule is Cc1cc(N(c2ccccc2)c2cccc3ccccc23)c2ccc3c4c(ccc1c24)C(N(c1ccccc1)c1cccc2ccccc12)=C=C=3.Cc1ccc(N(c2ccccc2)c2ccc3ccc4c(N(c5ccccc5)c5ccc(C)cn5)ccc5ccc2c3c54)nc1.c1ccc(N(c2ccccc2)c2ccc3ccc4c(N(c5ccccc5)c5ccccc5)ccc5ccc2c3c54)cc1. The minimum Gasteiger partial charge on any atom is -0.310 e. The van der Waals surface area contributed by atoms with Gasteiger partial charge in [0, 0.05) is 117 Å². The van der Waals surface area contributed by atoms with Gasteiger partial charge in [-0.1, -0.05) is 327 Å². The molecule has 1 aliphatic carbocycles. The van der Waals surface area contributed by atoms with Crippen LogP contribution >= 0.6 is 0 Å². The fourth-order valence-corrected chi connectivity index (χ4v) is 20.6. The quantitative estimate of drug-likeness (QED) is 0.0622. The van der Waals surface area contributed by atoms with Crippen molar-refractivity contribution in [3.05, 3.63) is 525 Å². The predicted molar refractivity (Wildman–Crippen MR) is 581 cm³/mol. The maximum atomic E-state index is 4.86. The van der Waals surface area contributed by atoms with Gasteiger partial charge >= 0.3 is 0 Å². The second-order valence-corrected chi connectivity index (χ2v) is 35.1. The number of aryl methyl sites for hydroxylation is 3. The third-order valence-corrected chi connectivity index (χ3v) is 26.8. The van der Waals surface area contributed by atoms with Crippen LogP contribution in [-0.2, 0) is 0 Å². The molecule has 8 heteroatoms. The molecule has 0 aliphatic heterocycles. The topological polar surface area (TPSA) is 45.2 Å². The zero-order chi connectivity index (χ0) is 91.4. The molecule has 0 fully saturated rings. The first-order valence-corrected chi connectivity index (χ1v) is 46.7. The Hall–Kier alpha value is -18.2. The number of pyridine rings is 2. The van der Waals surface area contributed by atoms with Gasteiger partial charge in [-0.05, 0) is 260 Å². The fourth-order valence-electron chi connectivity index (χ4n) is 20.6. The van der Waals surface area contributed by atoms with Gasteiger partial charge in [0.2, 0.25) is 0 Å². The average molecular weight is 1750 g/mol. The summed E-state index contributed by atoms with van der Waals surface area (Å²) in [6, 6.07) is 171. The summed E-state index contributed by atoms with van der Waals surface area (Å²) < 4.78 is 0. The van der Waals surface area contributed by atoms with Crippen molar-refractivity contribution in [1.29, 1.82) is 0 Å². The van der Waals surface area contributed by atoms with E-state index in [-0.39, 0.29) is 0 Å². The van der Waals surface area contributed by atoms with Crippen LogP contribution in [0.5, 0.6) is 0 Å². The highest BCUT2D eigenvalue weighted by atomic mass is 15.2. The molecule has 0 atom stereocenters. The van der Waals surface area contributed by atoms with Crippen LogP contribution in [0.3, 0.4) is 0 Å². The zero-order valence-electron chi connectivity index (χ0n) is 75.8. The number of fused-ring (bicyclic) bond motifs is 2. The molecule has 0 bridgehead atoms. The predicted octanol–water partition coefficient (Wildman–Crippen LogP) is 35.0. The summed E-state index contributed by atoms with van der Waals surface area (Å²) in [5.41, 5.74) is 29.7. The van der Waals surface area contributed by atoms with Gasteiger partial charge in [0.05, 0.1) is 39.8 Å². The second-order valence-electron chi connectivity index (χ2n) is 35.1.